The molecule has 1 aromatic heterocycles. The predicted molar refractivity (Wildman–Crippen MR) is 109 cm³/mol. The molecule has 7 nitrogen and oxygen atoms in total. The minimum atomic E-state index is -3.90. The third kappa shape index (κ3) is 4.36. The van der Waals surface area contributed by atoms with Crippen molar-refractivity contribution in [2.24, 2.45) is 5.14 Å². The molecule has 0 aliphatic heterocycles. The smallest absolute Gasteiger partial charge is 0.276 e. The number of benzene rings is 2. The number of nitrogens with one attached hydrogen (secondary N) is 1. The lowest BCUT2D eigenvalue weighted by atomic mass is 10.1. The van der Waals surface area contributed by atoms with Crippen LogP contribution in [0.15, 0.2) is 53.6 Å². The highest BCUT2D eigenvalue weighted by Gasteiger charge is 2.16. The normalized spacial score (nSPS) is 11.4. The first kappa shape index (κ1) is 20.3. The average Bonchev–Trinajstić information content (AvgIpc) is 3.13. The van der Waals surface area contributed by atoms with Gasteiger partial charge in [0.15, 0.2) is 5.69 Å². The molecule has 10 heteroatoms. The number of nitrogens with zero attached hydrogens (tertiary/aromatic N) is 2. The fourth-order valence-corrected chi connectivity index (χ4v) is 3.76. The summed E-state index contributed by atoms with van der Waals surface area (Å²) in [7, 11) is -3.90. The third-order valence-electron chi connectivity index (χ3n) is 4.00. The van der Waals surface area contributed by atoms with Crippen molar-refractivity contribution >= 4 is 44.8 Å². The Kier molecular flexibility index (Phi) is 5.76. The lowest BCUT2D eigenvalue weighted by molar-refractivity contribution is 0.102. The van der Waals surface area contributed by atoms with Gasteiger partial charge in [-0.3, -0.25) is 4.79 Å². The number of sulfonamides is 1. The van der Waals surface area contributed by atoms with Crippen LogP contribution in [0.5, 0.6) is 0 Å². The Morgan fingerprint density at radius 2 is 1.89 bits per heavy atom. The van der Waals surface area contributed by atoms with Crippen molar-refractivity contribution in [1.82, 2.24) is 9.78 Å². The largest absolute Gasteiger partial charge is 0.321 e. The Balaban J connectivity index is 1.84. The van der Waals surface area contributed by atoms with Gasteiger partial charge in [-0.25, -0.2) is 18.2 Å². The van der Waals surface area contributed by atoms with E-state index in [0.717, 1.165) is 0 Å². The SMILES string of the molecule is CCc1ccc(NC(=O)c2ccn(-c3ccc(Cl)c(Cl)c3)n2)cc1S(N)(=O)=O. The second-order valence-corrected chi connectivity index (χ2v) is 8.26. The topological polar surface area (TPSA) is 107 Å². The number of halogens is 2. The van der Waals surface area contributed by atoms with E-state index in [1.807, 2.05) is 6.92 Å². The monoisotopic (exact) mass is 438 g/mol. The maximum Gasteiger partial charge on any atom is 0.276 e. The number of anilines is 1. The van der Waals surface area contributed by atoms with E-state index < -0.39 is 15.9 Å². The predicted octanol–water partition coefficient (Wildman–Crippen LogP) is 3.64. The number of carbonyl (C=O) groups is 1. The second kappa shape index (κ2) is 7.92. The zero-order valence-corrected chi connectivity index (χ0v) is 17.0. The molecular formula is C18H16Cl2N4O3S. The van der Waals surface area contributed by atoms with E-state index >= 15 is 0 Å². The molecule has 1 amide bonds. The quantitative estimate of drug-likeness (QED) is 0.633. The van der Waals surface area contributed by atoms with Gasteiger partial charge in [0.05, 0.1) is 20.6 Å². The maximum absolute atomic E-state index is 12.5. The van der Waals surface area contributed by atoms with Gasteiger partial charge < -0.3 is 5.32 Å². The van der Waals surface area contributed by atoms with Crippen LogP contribution in [-0.2, 0) is 16.4 Å². The molecule has 0 unspecified atom stereocenters. The average molecular weight is 439 g/mol. The number of carbonyl (C=O) groups excluding carboxylic acids is 1. The van der Waals surface area contributed by atoms with Crippen LogP contribution >= 0.6 is 23.2 Å². The molecule has 3 N–H and O–H groups in total. The highest BCUT2D eigenvalue weighted by atomic mass is 35.5. The molecule has 0 saturated heterocycles. The molecule has 146 valence electrons. The van der Waals surface area contributed by atoms with Gasteiger partial charge in [0.1, 0.15) is 0 Å². The Labute approximate surface area is 172 Å². The zero-order valence-electron chi connectivity index (χ0n) is 14.7. The van der Waals surface area contributed by atoms with Crippen LogP contribution in [0.1, 0.15) is 23.0 Å². The van der Waals surface area contributed by atoms with Crippen LogP contribution < -0.4 is 10.5 Å². The van der Waals surface area contributed by atoms with E-state index in [0.29, 0.717) is 33.4 Å². The Morgan fingerprint density at radius 3 is 2.54 bits per heavy atom. The zero-order chi connectivity index (χ0) is 20.5. The number of nitrogens with two attached hydrogens (primary N) is 1. The van der Waals surface area contributed by atoms with Crippen molar-refractivity contribution < 1.29 is 13.2 Å². The molecule has 0 aliphatic rings. The van der Waals surface area contributed by atoms with Gasteiger partial charge in [0.2, 0.25) is 10.0 Å². The van der Waals surface area contributed by atoms with E-state index in [2.05, 4.69) is 10.4 Å². The van der Waals surface area contributed by atoms with Crippen LogP contribution in [0.25, 0.3) is 5.69 Å². The minimum Gasteiger partial charge on any atom is -0.321 e. The summed E-state index contributed by atoms with van der Waals surface area (Å²) < 4.78 is 25.0. The standard InChI is InChI=1S/C18H16Cl2N4O3S/c1-2-11-3-4-12(9-17(11)28(21,26)27)22-18(25)16-7-8-24(23-16)13-5-6-14(19)15(20)10-13/h3-10H,2H2,1H3,(H,22,25)(H2,21,26,27). The summed E-state index contributed by atoms with van der Waals surface area (Å²) >= 11 is 11.9. The first-order valence-corrected chi connectivity index (χ1v) is 10.5. The van der Waals surface area contributed by atoms with Crippen LogP contribution in [0.4, 0.5) is 5.69 Å². The second-order valence-electron chi connectivity index (χ2n) is 5.92. The fourth-order valence-electron chi connectivity index (χ4n) is 2.60. The molecule has 0 fully saturated rings. The number of hydrogen-bond acceptors (Lipinski definition) is 4. The van der Waals surface area contributed by atoms with Gasteiger partial charge in [-0.15, -0.1) is 0 Å². The molecule has 28 heavy (non-hydrogen) atoms. The summed E-state index contributed by atoms with van der Waals surface area (Å²) in [6.45, 7) is 1.82. The Hall–Kier alpha value is -2.39. The molecule has 0 bridgehead atoms. The highest BCUT2D eigenvalue weighted by molar-refractivity contribution is 7.89. The Morgan fingerprint density at radius 1 is 1.14 bits per heavy atom. The molecule has 2 aromatic carbocycles. The number of amides is 1. The van der Waals surface area contributed by atoms with E-state index in [9.17, 15) is 13.2 Å². The number of aryl methyl sites for hydroxylation is 1. The molecule has 0 aliphatic carbocycles. The molecule has 3 rings (SSSR count). The summed E-state index contributed by atoms with van der Waals surface area (Å²) in [6, 6.07) is 11.1. The van der Waals surface area contributed by atoms with Crippen LogP contribution in [0.3, 0.4) is 0 Å². The molecular weight excluding hydrogens is 423 g/mol. The van der Waals surface area contributed by atoms with Crippen LogP contribution in [-0.4, -0.2) is 24.1 Å². The van der Waals surface area contributed by atoms with Gasteiger partial charge in [0.25, 0.3) is 5.91 Å². The van der Waals surface area contributed by atoms with Crippen molar-refractivity contribution in [2.75, 3.05) is 5.32 Å². The summed E-state index contributed by atoms with van der Waals surface area (Å²) in [5.74, 6) is -0.497. The molecule has 0 atom stereocenters. The van der Waals surface area contributed by atoms with Gasteiger partial charge >= 0.3 is 0 Å². The molecule has 3 aromatic rings. The molecule has 1 heterocycles. The first-order valence-electron chi connectivity index (χ1n) is 8.17. The maximum atomic E-state index is 12.5. The van der Waals surface area contributed by atoms with E-state index in [1.165, 1.54) is 16.8 Å². The summed E-state index contributed by atoms with van der Waals surface area (Å²) in [6.07, 6.45) is 2.10. The van der Waals surface area contributed by atoms with Crippen molar-refractivity contribution in [1.29, 1.82) is 0 Å². The lowest BCUT2D eigenvalue weighted by Gasteiger charge is -2.09. The van der Waals surface area contributed by atoms with Crippen molar-refractivity contribution in [3.05, 3.63) is 70.0 Å². The molecule has 0 spiro atoms. The van der Waals surface area contributed by atoms with Crippen molar-refractivity contribution in [3.63, 3.8) is 0 Å². The van der Waals surface area contributed by atoms with Crippen LogP contribution in [0, 0.1) is 0 Å². The van der Waals surface area contributed by atoms with E-state index in [-0.39, 0.29) is 10.6 Å². The van der Waals surface area contributed by atoms with Gasteiger partial charge in [0, 0.05) is 11.9 Å². The summed E-state index contributed by atoms with van der Waals surface area (Å²) in [5.41, 5.74) is 1.65. The van der Waals surface area contributed by atoms with Gasteiger partial charge in [-0.1, -0.05) is 36.2 Å². The summed E-state index contributed by atoms with van der Waals surface area (Å²) in [5, 5.41) is 12.9. The van der Waals surface area contributed by atoms with E-state index in [1.54, 1.807) is 36.5 Å². The molecule has 0 saturated carbocycles. The van der Waals surface area contributed by atoms with E-state index in [4.69, 9.17) is 28.3 Å². The summed E-state index contributed by atoms with van der Waals surface area (Å²) in [4.78, 5) is 12.5. The van der Waals surface area contributed by atoms with Crippen molar-refractivity contribution in [3.8, 4) is 5.69 Å². The number of hydrogen-bond donors (Lipinski definition) is 2. The Bertz CT molecular complexity index is 1160. The molecule has 0 radical (unpaired) electrons. The first-order chi connectivity index (χ1) is 13.2. The van der Waals surface area contributed by atoms with Gasteiger partial charge in [-0.2, -0.15) is 5.10 Å². The number of rotatable bonds is 5. The highest BCUT2D eigenvalue weighted by Crippen LogP contribution is 2.24. The minimum absolute atomic E-state index is 0.0193. The number of primary sulfonamides is 1. The van der Waals surface area contributed by atoms with Crippen molar-refractivity contribution in [2.45, 2.75) is 18.2 Å². The third-order valence-corrected chi connectivity index (χ3v) is 5.73. The fraction of sp³-hybridized carbons (Fsp3) is 0.111. The lowest BCUT2D eigenvalue weighted by Crippen LogP contribution is -2.17. The number of aromatic nitrogens is 2. The van der Waals surface area contributed by atoms with Crippen LogP contribution in [0.2, 0.25) is 10.0 Å². The van der Waals surface area contributed by atoms with Gasteiger partial charge in [-0.05, 0) is 48.4 Å².